The van der Waals surface area contributed by atoms with Crippen LogP contribution in [0.4, 0.5) is 0 Å². The third kappa shape index (κ3) is 6.54. The van der Waals surface area contributed by atoms with Crippen molar-refractivity contribution in [2.45, 2.75) is 26.8 Å². The van der Waals surface area contributed by atoms with Gasteiger partial charge in [-0.3, -0.25) is 9.69 Å². The number of aliphatic hydroxyl groups excluding tert-OH is 1. The Morgan fingerprint density at radius 1 is 1.54 bits per heavy atom. The predicted octanol–water partition coefficient (Wildman–Crippen LogP) is -0.175. The number of nitrogens with zero attached hydrogens (tertiary/aromatic N) is 1. The molecule has 0 aromatic heterocycles. The molecule has 0 spiro atoms. The number of aliphatic hydroxyl groups is 1. The van der Waals surface area contributed by atoms with E-state index >= 15 is 0 Å². The van der Waals surface area contributed by atoms with Gasteiger partial charge >= 0.3 is 0 Å². The van der Waals surface area contributed by atoms with Gasteiger partial charge in [-0.15, -0.1) is 0 Å². The van der Waals surface area contributed by atoms with Gasteiger partial charge in [-0.1, -0.05) is 6.92 Å². The Labute approximate surface area is 79.9 Å². The highest BCUT2D eigenvalue weighted by Crippen LogP contribution is 1.87. The molecule has 78 valence electrons. The Hall–Kier alpha value is -0.610. The van der Waals surface area contributed by atoms with Crippen molar-refractivity contribution in [2.24, 2.45) is 0 Å². The van der Waals surface area contributed by atoms with Crippen LogP contribution in [0.15, 0.2) is 0 Å². The van der Waals surface area contributed by atoms with Crippen molar-refractivity contribution < 1.29 is 9.90 Å². The van der Waals surface area contributed by atoms with Gasteiger partial charge in [-0.25, -0.2) is 0 Å². The third-order valence-electron chi connectivity index (χ3n) is 1.68. The van der Waals surface area contributed by atoms with Crippen LogP contribution in [0.1, 0.15) is 20.8 Å². The Morgan fingerprint density at radius 3 is 2.54 bits per heavy atom. The van der Waals surface area contributed by atoms with Crippen LogP contribution in [0.25, 0.3) is 0 Å². The second-order valence-corrected chi connectivity index (χ2v) is 3.31. The highest BCUT2D eigenvalue weighted by molar-refractivity contribution is 5.78. The minimum atomic E-state index is 0.0188. The van der Waals surface area contributed by atoms with Gasteiger partial charge in [0.15, 0.2) is 0 Å². The first kappa shape index (κ1) is 12.4. The molecule has 0 aliphatic carbocycles. The van der Waals surface area contributed by atoms with Gasteiger partial charge in [0.1, 0.15) is 0 Å². The van der Waals surface area contributed by atoms with Crippen molar-refractivity contribution in [2.75, 3.05) is 26.2 Å². The lowest BCUT2D eigenvalue weighted by atomic mass is 10.3. The topological polar surface area (TPSA) is 52.6 Å². The monoisotopic (exact) mass is 188 g/mol. The molecular formula is C9H20N2O2. The molecule has 0 radical (unpaired) electrons. The van der Waals surface area contributed by atoms with Crippen molar-refractivity contribution in [1.29, 1.82) is 0 Å². The van der Waals surface area contributed by atoms with Crippen LogP contribution in [-0.2, 0) is 4.79 Å². The summed E-state index contributed by atoms with van der Waals surface area (Å²) >= 11 is 0. The summed E-state index contributed by atoms with van der Waals surface area (Å²) < 4.78 is 0. The van der Waals surface area contributed by atoms with Gasteiger partial charge in [0, 0.05) is 12.6 Å². The number of nitrogens with one attached hydrogen (secondary N) is 1. The normalized spacial score (nSPS) is 10.9. The van der Waals surface area contributed by atoms with Gasteiger partial charge < -0.3 is 10.4 Å². The minimum Gasteiger partial charge on any atom is -0.395 e. The van der Waals surface area contributed by atoms with Crippen LogP contribution in [0.5, 0.6) is 0 Å². The van der Waals surface area contributed by atoms with E-state index in [1.165, 1.54) is 0 Å². The van der Waals surface area contributed by atoms with Crippen LogP contribution >= 0.6 is 0 Å². The summed E-state index contributed by atoms with van der Waals surface area (Å²) in [5.74, 6) is 0.0188. The molecule has 0 heterocycles. The van der Waals surface area contributed by atoms with E-state index in [1.807, 2.05) is 25.7 Å². The first-order valence-corrected chi connectivity index (χ1v) is 4.72. The standard InChI is InChI=1S/C9H20N2O2/c1-4-11(5-6-12)7-9(13)10-8(2)3/h8,12H,4-7H2,1-3H3,(H,10,13). The number of amides is 1. The molecule has 0 aromatic carbocycles. The Morgan fingerprint density at radius 2 is 2.15 bits per heavy atom. The summed E-state index contributed by atoms with van der Waals surface area (Å²) in [4.78, 5) is 13.2. The predicted molar refractivity (Wildman–Crippen MR) is 52.5 cm³/mol. The molecule has 0 saturated carbocycles. The van der Waals surface area contributed by atoms with E-state index in [9.17, 15) is 4.79 Å². The van der Waals surface area contributed by atoms with E-state index in [-0.39, 0.29) is 18.6 Å². The summed E-state index contributed by atoms with van der Waals surface area (Å²) in [6, 6.07) is 0.181. The number of hydrogen-bond acceptors (Lipinski definition) is 3. The lowest BCUT2D eigenvalue weighted by Gasteiger charge is -2.19. The summed E-state index contributed by atoms with van der Waals surface area (Å²) in [5, 5.41) is 11.5. The molecule has 0 aromatic rings. The van der Waals surface area contributed by atoms with Crippen molar-refractivity contribution in [3.8, 4) is 0 Å². The molecule has 1 amide bonds. The van der Waals surface area contributed by atoms with Gasteiger partial charge in [-0.05, 0) is 20.4 Å². The summed E-state index contributed by atoms with van der Waals surface area (Å²) in [7, 11) is 0. The van der Waals surface area contributed by atoms with E-state index in [1.54, 1.807) is 0 Å². The molecular weight excluding hydrogens is 168 g/mol. The quantitative estimate of drug-likeness (QED) is 0.608. The van der Waals surface area contributed by atoms with Crippen LogP contribution in [0.2, 0.25) is 0 Å². The van der Waals surface area contributed by atoms with Crippen molar-refractivity contribution >= 4 is 5.91 Å². The van der Waals surface area contributed by atoms with Crippen LogP contribution in [0, 0.1) is 0 Å². The molecule has 0 aliphatic rings. The summed E-state index contributed by atoms with van der Waals surface area (Å²) in [5.41, 5.74) is 0. The molecule has 0 saturated heterocycles. The molecule has 13 heavy (non-hydrogen) atoms. The zero-order valence-corrected chi connectivity index (χ0v) is 8.71. The smallest absolute Gasteiger partial charge is 0.234 e. The first-order valence-electron chi connectivity index (χ1n) is 4.72. The third-order valence-corrected chi connectivity index (χ3v) is 1.68. The highest BCUT2D eigenvalue weighted by atomic mass is 16.3. The van der Waals surface area contributed by atoms with E-state index in [2.05, 4.69) is 5.32 Å². The Balaban J connectivity index is 3.73. The molecule has 0 fully saturated rings. The summed E-state index contributed by atoms with van der Waals surface area (Å²) in [6.07, 6.45) is 0. The maximum Gasteiger partial charge on any atom is 0.234 e. The van der Waals surface area contributed by atoms with Gasteiger partial charge in [0.25, 0.3) is 0 Å². The molecule has 0 atom stereocenters. The fourth-order valence-electron chi connectivity index (χ4n) is 1.06. The van der Waals surface area contributed by atoms with Crippen molar-refractivity contribution in [3.63, 3.8) is 0 Å². The number of hydrogen-bond donors (Lipinski definition) is 2. The average molecular weight is 188 g/mol. The number of likely N-dealkylation sites (N-methyl/N-ethyl adjacent to an activating group) is 1. The molecule has 0 rings (SSSR count). The Bertz CT molecular complexity index is 149. The number of carbonyl (C=O) groups is 1. The van der Waals surface area contributed by atoms with Crippen LogP contribution < -0.4 is 5.32 Å². The number of carbonyl (C=O) groups excluding carboxylic acids is 1. The molecule has 4 heteroatoms. The lowest BCUT2D eigenvalue weighted by molar-refractivity contribution is -0.122. The molecule has 4 nitrogen and oxygen atoms in total. The van der Waals surface area contributed by atoms with Gasteiger partial charge in [-0.2, -0.15) is 0 Å². The summed E-state index contributed by atoms with van der Waals surface area (Å²) in [6.45, 7) is 7.64. The average Bonchev–Trinajstić information content (AvgIpc) is 2.02. The lowest BCUT2D eigenvalue weighted by Crippen LogP contribution is -2.40. The van der Waals surface area contributed by atoms with Gasteiger partial charge in [0.05, 0.1) is 13.2 Å². The first-order chi connectivity index (χ1) is 6.10. The largest absolute Gasteiger partial charge is 0.395 e. The maximum atomic E-state index is 11.3. The second kappa shape index (κ2) is 6.86. The fourth-order valence-corrected chi connectivity index (χ4v) is 1.06. The SMILES string of the molecule is CCN(CCO)CC(=O)NC(C)C. The van der Waals surface area contributed by atoms with Crippen LogP contribution in [-0.4, -0.2) is 48.2 Å². The second-order valence-electron chi connectivity index (χ2n) is 3.31. The van der Waals surface area contributed by atoms with Crippen molar-refractivity contribution in [1.82, 2.24) is 10.2 Å². The zero-order chi connectivity index (χ0) is 10.3. The molecule has 0 bridgehead atoms. The molecule has 2 N–H and O–H groups in total. The minimum absolute atomic E-state index is 0.0188. The molecule has 0 unspecified atom stereocenters. The number of rotatable bonds is 6. The van der Waals surface area contributed by atoms with Crippen molar-refractivity contribution in [3.05, 3.63) is 0 Å². The van der Waals surface area contributed by atoms with E-state index in [4.69, 9.17) is 5.11 Å². The van der Waals surface area contributed by atoms with Crippen LogP contribution in [0.3, 0.4) is 0 Å². The van der Waals surface area contributed by atoms with E-state index in [0.29, 0.717) is 13.1 Å². The van der Waals surface area contributed by atoms with Gasteiger partial charge in [0.2, 0.25) is 5.91 Å². The molecule has 0 aliphatic heterocycles. The zero-order valence-electron chi connectivity index (χ0n) is 8.71. The van der Waals surface area contributed by atoms with E-state index < -0.39 is 0 Å². The van der Waals surface area contributed by atoms with E-state index in [0.717, 1.165) is 6.54 Å². The fraction of sp³-hybridized carbons (Fsp3) is 0.889. The highest BCUT2D eigenvalue weighted by Gasteiger charge is 2.08. The Kier molecular flexibility index (Phi) is 6.54. The maximum absolute atomic E-state index is 11.3.